The molecule has 2 aliphatic heterocycles. The van der Waals surface area contributed by atoms with Gasteiger partial charge in [0, 0.05) is 25.6 Å². The molecule has 5 nitrogen and oxygen atoms in total. The summed E-state index contributed by atoms with van der Waals surface area (Å²) >= 11 is 0. The van der Waals surface area contributed by atoms with E-state index in [0.29, 0.717) is 12.5 Å². The Balaban J connectivity index is 1.54. The molecular weight excluding hydrogens is 292 g/mol. The SMILES string of the molecule is CC(C)(C)OC(=O)N1CCC2CN(Cc3ccccc3)OC2C1. The molecular formula is C18H26N2O3. The predicted octanol–water partition coefficient (Wildman–Crippen LogP) is 3.06. The second-order valence-corrected chi connectivity index (χ2v) is 7.43. The average molecular weight is 318 g/mol. The number of hydroxylamine groups is 2. The minimum atomic E-state index is -0.455. The van der Waals surface area contributed by atoms with Gasteiger partial charge in [0.25, 0.3) is 0 Å². The maximum Gasteiger partial charge on any atom is 0.410 e. The summed E-state index contributed by atoms with van der Waals surface area (Å²) < 4.78 is 5.47. The molecule has 1 aromatic rings. The van der Waals surface area contributed by atoms with Crippen LogP contribution in [0.4, 0.5) is 4.79 Å². The smallest absolute Gasteiger partial charge is 0.410 e. The molecule has 2 unspecified atom stereocenters. The quantitative estimate of drug-likeness (QED) is 0.840. The number of amides is 1. The van der Waals surface area contributed by atoms with E-state index in [2.05, 4.69) is 12.1 Å². The van der Waals surface area contributed by atoms with Gasteiger partial charge in [0.05, 0.1) is 6.54 Å². The highest BCUT2D eigenvalue weighted by atomic mass is 16.7. The fraction of sp³-hybridized carbons (Fsp3) is 0.611. The number of ether oxygens (including phenoxy) is 1. The summed E-state index contributed by atoms with van der Waals surface area (Å²) in [6, 6.07) is 10.3. The number of carbonyl (C=O) groups excluding carboxylic acids is 1. The molecule has 0 bridgehead atoms. The molecule has 1 amide bonds. The summed E-state index contributed by atoms with van der Waals surface area (Å²) in [7, 11) is 0. The first kappa shape index (κ1) is 16.3. The van der Waals surface area contributed by atoms with Crippen molar-refractivity contribution in [3.8, 4) is 0 Å². The summed E-state index contributed by atoms with van der Waals surface area (Å²) in [5.41, 5.74) is 0.791. The zero-order valence-corrected chi connectivity index (χ0v) is 14.2. The van der Waals surface area contributed by atoms with Crippen LogP contribution in [0.15, 0.2) is 30.3 Å². The lowest BCUT2D eigenvalue weighted by Crippen LogP contribution is -2.47. The predicted molar refractivity (Wildman–Crippen MR) is 87.6 cm³/mol. The first-order chi connectivity index (χ1) is 10.9. The van der Waals surface area contributed by atoms with Crippen molar-refractivity contribution >= 4 is 6.09 Å². The molecule has 2 aliphatic rings. The van der Waals surface area contributed by atoms with Gasteiger partial charge in [-0.2, -0.15) is 5.06 Å². The molecule has 2 atom stereocenters. The molecule has 2 saturated heterocycles. The number of hydrogen-bond acceptors (Lipinski definition) is 4. The van der Waals surface area contributed by atoms with Crippen LogP contribution >= 0.6 is 0 Å². The van der Waals surface area contributed by atoms with Gasteiger partial charge in [0.15, 0.2) is 0 Å². The van der Waals surface area contributed by atoms with Gasteiger partial charge in [0.2, 0.25) is 0 Å². The summed E-state index contributed by atoms with van der Waals surface area (Å²) in [6.45, 7) is 8.77. The van der Waals surface area contributed by atoms with Crippen molar-refractivity contribution in [2.24, 2.45) is 5.92 Å². The van der Waals surface area contributed by atoms with E-state index in [1.165, 1.54) is 5.56 Å². The number of rotatable bonds is 2. The Morgan fingerprint density at radius 3 is 2.70 bits per heavy atom. The largest absolute Gasteiger partial charge is 0.444 e. The molecule has 2 fully saturated rings. The number of benzene rings is 1. The van der Waals surface area contributed by atoms with E-state index in [4.69, 9.17) is 9.57 Å². The van der Waals surface area contributed by atoms with Crippen molar-refractivity contribution in [2.45, 2.75) is 45.4 Å². The van der Waals surface area contributed by atoms with Crippen LogP contribution in [0.25, 0.3) is 0 Å². The Bertz CT molecular complexity index is 541. The highest BCUT2D eigenvalue weighted by Gasteiger charge is 2.40. The summed E-state index contributed by atoms with van der Waals surface area (Å²) in [4.78, 5) is 20.0. The molecule has 0 aliphatic carbocycles. The maximum atomic E-state index is 12.2. The number of hydrogen-bond donors (Lipinski definition) is 0. The van der Waals surface area contributed by atoms with Gasteiger partial charge < -0.3 is 9.64 Å². The molecule has 23 heavy (non-hydrogen) atoms. The van der Waals surface area contributed by atoms with Gasteiger partial charge in [-0.3, -0.25) is 4.84 Å². The number of piperidine rings is 1. The van der Waals surface area contributed by atoms with Crippen LogP contribution in [-0.2, 0) is 16.1 Å². The van der Waals surface area contributed by atoms with Crippen LogP contribution in [-0.4, -0.2) is 47.4 Å². The van der Waals surface area contributed by atoms with Crippen LogP contribution in [0.1, 0.15) is 32.8 Å². The Morgan fingerprint density at radius 1 is 1.26 bits per heavy atom. The fourth-order valence-corrected chi connectivity index (χ4v) is 3.17. The van der Waals surface area contributed by atoms with Gasteiger partial charge in [0.1, 0.15) is 11.7 Å². The Labute approximate surface area is 138 Å². The van der Waals surface area contributed by atoms with Crippen molar-refractivity contribution in [2.75, 3.05) is 19.6 Å². The van der Waals surface area contributed by atoms with Gasteiger partial charge in [-0.15, -0.1) is 0 Å². The zero-order chi connectivity index (χ0) is 16.4. The lowest BCUT2D eigenvalue weighted by Gasteiger charge is -2.34. The molecule has 1 aromatic carbocycles. The second-order valence-electron chi connectivity index (χ2n) is 7.43. The number of likely N-dealkylation sites (tertiary alicyclic amines) is 1. The highest BCUT2D eigenvalue weighted by Crippen LogP contribution is 2.30. The normalized spacial score (nSPS) is 25.3. The van der Waals surface area contributed by atoms with Crippen LogP contribution in [0.2, 0.25) is 0 Å². The second kappa shape index (κ2) is 6.49. The van der Waals surface area contributed by atoms with Crippen molar-refractivity contribution in [3.63, 3.8) is 0 Å². The third-order valence-electron chi connectivity index (χ3n) is 4.27. The van der Waals surface area contributed by atoms with Crippen LogP contribution in [0, 0.1) is 5.92 Å². The number of fused-ring (bicyclic) bond motifs is 1. The Kier molecular flexibility index (Phi) is 4.60. The molecule has 0 aromatic heterocycles. The first-order valence-corrected chi connectivity index (χ1v) is 8.34. The highest BCUT2D eigenvalue weighted by molar-refractivity contribution is 5.68. The summed E-state index contributed by atoms with van der Waals surface area (Å²) in [6.07, 6.45) is 0.816. The Morgan fingerprint density at radius 2 is 2.00 bits per heavy atom. The molecule has 0 saturated carbocycles. The minimum Gasteiger partial charge on any atom is -0.444 e. The van der Waals surface area contributed by atoms with Crippen molar-refractivity contribution in [3.05, 3.63) is 35.9 Å². The van der Waals surface area contributed by atoms with E-state index in [-0.39, 0.29) is 12.2 Å². The average Bonchev–Trinajstić information content (AvgIpc) is 2.87. The third-order valence-corrected chi connectivity index (χ3v) is 4.27. The maximum absolute atomic E-state index is 12.2. The third kappa shape index (κ3) is 4.24. The van der Waals surface area contributed by atoms with Crippen LogP contribution < -0.4 is 0 Å². The van der Waals surface area contributed by atoms with Gasteiger partial charge in [-0.05, 0) is 32.8 Å². The topological polar surface area (TPSA) is 42.0 Å². The molecule has 0 N–H and O–H groups in total. The molecule has 0 spiro atoms. The van der Waals surface area contributed by atoms with Crippen LogP contribution in [0.3, 0.4) is 0 Å². The van der Waals surface area contributed by atoms with Crippen molar-refractivity contribution in [1.29, 1.82) is 0 Å². The van der Waals surface area contributed by atoms with Crippen molar-refractivity contribution in [1.82, 2.24) is 9.96 Å². The standard InChI is InChI=1S/C18H26N2O3/c1-18(2,3)22-17(21)19-10-9-15-12-20(23-16(15)13-19)11-14-7-5-4-6-8-14/h4-8,15-16H,9-13H2,1-3H3. The number of nitrogens with zero attached hydrogens (tertiary/aromatic N) is 2. The molecule has 2 heterocycles. The minimum absolute atomic E-state index is 0.0833. The molecule has 3 rings (SSSR count). The molecule has 126 valence electrons. The van der Waals surface area contributed by atoms with Gasteiger partial charge in [-0.1, -0.05) is 30.3 Å². The van der Waals surface area contributed by atoms with Gasteiger partial charge in [-0.25, -0.2) is 4.79 Å². The summed E-state index contributed by atoms with van der Waals surface area (Å²) in [5, 5.41) is 2.03. The lowest BCUT2D eigenvalue weighted by molar-refractivity contribution is -0.160. The van der Waals surface area contributed by atoms with Gasteiger partial charge >= 0.3 is 6.09 Å². The zero-order valence-electron chi connectivity index (χ0n) is 14.2. The lowest BCUT2D eigenvalue weighted by atomic mass is 9.95. The van der Waals surface area contributed by atoms with E-state index < -0.39 is 5.60 Å². The monoisotopic (exact) mass is 318 g/mol. The Hall–Kier alpha value is -1.59. The number of carbonyl (C=O) groups is 1. The molecule has 5 heteroatoms. The fourth-order valence-electron chi connectivity index (χ4n) is 3.17. The van der Waals surface area contributed by atoms with E-state index in [1.54, 1.807) is 4.90 Å². The van der Waals surface area contributed by atoms with E-state index in [1.807, 2.05) is 44.0 Å². The van der Waals surface area contributed by atoms with Crippen LogP contribution in [0.5, 0.6) is 0 Å². The van der Waals surface area contributed by atoms with E-state index in [9.17, 15) is 4.79 Å². The summed E-state index contributed by atoms with van der Waals surface area (Å²) in [5.74, 6) is 0.498. The molecule has 0 radical (unpaired) electrons. The van der Waals surface area contributed by atoms with Crippen molar-refractivity contribution < 1.29 is 14.4 Å². The van der Waals surface area contributed by atoms with E-state index >= 15 is 0 Å². The first-order valence-electron chi connectivity index (χ1n) is 8.34. The van der Waals surface area contributed by atoms with E-state index in [0.717, 1.165) is 26.1 Å².